The van der Waals surface area contributed by atoms with Crippen LogP contribution in [-0.4, -0.2) is 0 Å². The van der Waals surface area contributed by atoms with Gasteiger partial charge in [0.25, 0.3) is 0 Å². The van der Waals surface area contributed by atoms with Gasteiger partial charge in [-0.15, -0.1) is 0 Å². The normalized spacial score (nSPS) is 11.7. The van der Waals surface area contributed by atoms with Gasteiger partial charge in [-0.1, -0.05) is 216 Å². The number of rotatable bonds is 6. The lowest BCUT2D eigenvalue weighted by Gasteiger charge is -2.19. The molecule has 0 spiro atoms. The van der Waals surface area contributed by atoms with Gasteiger partial charge in [-0.25, -0.2) is 0 Å². The van der Waals surface area contributed by atoms with Crippen LogP contribution >= 0.6 is 0 Å². The summed E-state index contributed by atoms with van der Waals surface area (Å²) in [6, 6.07) is 86.8. The smallest absolute Gasteiger partial charge is 0.00928 e. The molecule has 0 N–H and O–H groups in total. The third kappa shape index (κ3) is 7.07. The van der Waals surface area contributed by atoms with Crippen molar-refractivity contribution in [3.8, 4) is 66.8 Å². The topological polar surface area (TPSA) is 0 Å². The van der Waals surface area contributed by atoms with Gasteiger partial charge < -0.3 is 0 Å². The summed E-state index contributed by atoms with van der Waals surface area (Å²) >= 11 is 0. The summed E-state index contributed by atoms with van der Waals surface area (Å²) in [5.41, 5.74) is 19.5. The van der Waals surface area contributed by atoms with Crippen LogP contribution < -0.4 is 0 Å². The fraction of sp³-hybridized carbons (Fsp3) is 0.0571. The molecule has 0 radical (unpaired) electrons. The van der Waals surface area contributed by atoms with E-state index in [1.54, 1.807) is 0 Å². The van der Waals surface area contributed by atoms with Crippen LogP contribution in [0.3, 0.4) is 0 Å². The molecule has 0 nitrogen and oxygen atoms in total. The van der Waals surface area contributed by atoms with Crippen molar-refractivity contribution in [2.45, 2.75) is 27.7 Å². The van der Waals surface area contributed by atoms with Crippen LogP contribution in [0.2, 0.25) is 0 Å². The maximum absolute atomic E-state index is 2.45. The van der Waals surface area contributed by atoms with Crippen LogP contribution in [0.1, 0.15) is 22.3 Å². The van der Waals surface area contributed by atoms with E-state index in [4.69, 9.17) is 0 Å². The van der Waals surface area contributed by atoms with E-state index in [-0.39, 0.29) is 0 Å². The largest absolute Gasteiger partial charge is 0.0622 e. The highest BCUT2D eigenvalue weighted by molar-refractivity contribution is 6.27. The van der Waals surface area contributed by atoms with Gasteiger partial charge in [0.2, 0.25) is 0 Å². The molecule has 0 aromatic heterocycles. The van der Waals surface area contributed by atoms with Gasteiger partial charge >= 0.3 is 0 Å². The van der Waals surface area contributed by atoms with Gasteiger partial charge in [-0.05, 0) is 195 Å². The fourth-order valence-corrected chi connectivity index (χ4v) is 11.3. The molecule has 0 unspecified atom stereocenters. The van der Waals surface area contributed by atoms with Crippen LogP contribution in [0.5, 0.6) is 0 Å². The second kappa shape index (κ2) is 16.6. The maximum atomic E-state index is 2.45. The Kier molecular flexibility index (Phi) is 9.85. The summed E-state index contributed by atoms with van der Waals surface area (Å²) in [6.07, 6.45) is 0. The number of aryl methyl sites for hydroxylation is 4. The summed E-state index contributed by atoms with van der Waals surface area (Å²) in [5.74, 6) is 0. The molecule has 0 aliphatic heterocycles. The van der Waals surface area contributed by atoms with Gasteiger partial charge in [0.1, 0.15) is 0 Å². The number of hydrogen-bond acceptors (Lipinski definition) is 0. The van der Waals surface area contributed by atoms with E-state index < -0.39 is 0 Å². The molecule has 330 valence electrons. The minimum atomic E-state index is 1.19. The first-order valence-electron chi connectivity index (χ1n) is 24.5. The van der Waals surface area contributed by atoms with Gasteiger partial charge in [-0.2, -0.15) is 0 Å². The Morgan fingerprint density at radius 1 is 0.157 bits per heavy atom. The average Bonchev–Trinajstić information content (AvgIpc) is 3.40. The Labute approximate surface area is 409 Å². The van der Waals surface area contributed by atoms with Crippen molar-refractivity contribution in [2.24, 2.45) is 0 Å². The molecule has 0 bridgehead atoms. The molecule has 0 saturated carbocycles. The first-order valence-corrected chi connectivity index (χ1v) is 24.5. The SMILES string of the molecule is Cc1ccc2c(c1)c1ccc(C)cc1c1ccc(-c3cccc(-c4cc(-c5ccccc5)c(-c5cccc(-c6ccc7c8cc(C)ccc8c8cc(C)ccc8c7c6)c5)cc4-c4ccccc4)c3)cc21. The lowest BCUT2D eigenvalue weighted by atomic mass is 9.84. The van der Waals surface area contributed by atoms with E-state index in [1.165, 1.54) is 154 Å². The summed E-state index contributed by atoms with van der Waals surface area (Å²) in [7, 11) is 0. The zero-order valence-electron chi connectivity index (χ0n) is 39.9. The van der Waals surface area contributed by atoms with Crippen molar-refractivity contribution >= 4 is 64.6 Å². The van der Waals surface area contributed by atoms with Gasteiger partial charge in [0, 0.05) is 0 Å². The van der Waals surface area contributed by atoms with Crippen LogP contribution in [0.4, 0.5) is 0 Å². The predicted molar refractivity (Wildman–Crippen MR) is 303 cm³/mol. The van der Waals surface area contributed by atoms with Crippen molar-refractivity contribution in [3.05, 3.63) is 253 Å². The Balaban J connectivity index is 0.981. The van der Waals surface area contributed by atoms with E-state index in [0.29, 0.717) is 0 Å². The van der Waals surface area contributed by atoms with Crippen molar-refractivity contribution in [2.75, 3.05) is 0 Å². The fourth-order valence-electron chi connectivity index (χ4n) is 11.3. The molecule has 0 fully saturated rings. The molecule has 0 aliphatic carbocycles. The Morgan fingerprint density at radius 2 is 0.414 bits per heavy atom. The highest BCUT2D eigenvalue weighted by Gasteiger charge is 2.19. The standard InChI is InChI=1S/C70H50/c1-43-21-27-55-65-33-45(3)23-29-57(65)69-39-51(25-31-59(69)67(55)35-43)49-17-11-19-53(37-49)63-41-62(48-15-9-6-10-16-48)64(42-61(63)47-13-7-5-8-14-47)54-20-12-18-50(38-54)52-26-32-60-68-36-44(2)22-28-56(68)66-34-46(4)24-30-58(66)70(60)40-52/h5-42H,1-4H3. The van der Waals surface area contributed by atoms with E-state index in [0.717, 1.165) is 0 Å². The van der Waals surface area contributed by atoms with E-state index >= 15 is 0 Å². The molecule has 0 heteroatoms. The lowest BCUT2D eigenvalue weighted by molar-refractivity contribution is 1.50. The monoisotopic (exact) mass is 890 g/mol. The van der Waals surface area contributed by atoms with E-state index in [9.17, 15) is 0 Å². The number of benzene rings is 13. The minimum Gasteiger partial charge on any atom is -0.0622 e. The third-order valence-electron chi connectivity index (χ3n) is 14.8. The van der Waals surface area contributed by atoms with Gasteiger partial charge in [-0.3, -0.25) is 0 Å². The zero-order valence-corrected chi connectivity index (χ0v) is 39.9. The molecule has 0 saturated heterocycles. The quantitative estimate of drug-likeness (QED) is 0.146. The summed E-state index contributed by atoms with van der Waals surface area (Å²) in [4.78, 5) is 0. The molecule has 0 amide bonds. The van der Waals surface area contributed by atoms with Crippen molar-refractivity contribution in [1.29, 1.82) is 0 Å². The van der Waals surface area contributed by atoms with Crippen LogP contribution in [-0.2, 0) is 0 Å². The van der Waals surface area contributed by atoms with Crippen LogP contribution in [0.15, 0.2) is 231 Å². The first-order chi connectivity index (χ1) is 34.3. The zero-order chi connectivity index (χ0) is 47.0. The van der Waals surface area contributed by atoms with Crippen molar-refractivity contribution in [1.82, 2.24) is 0 Å². The third-order valence-corrected chi connectivity index (χ3v) is 14.8. The second-order valence-corrected chi connectivity index (χ2v) is 19.6. The molecule has 70 heavy (non-hydrogen) atoms. The van der Waals surface area contributed by atoms with Gasteiger partial charge in [0.15, 0.2) is 0 Å². The Hall–Kier alpha value is -8.58. The summed E-state index contributed by atoms with van der Waals surface area (Å²) in [6.45, 7) is 8.77. The molecular formula is C70H50. The Morgan fingerprint density at radius 3 is 0.757 bits per heavy atom. The highest BCUT2D eigenvalue weighted by Crippen LogP contribution is 2.45. The lowest BCUT2D eigenvalue weighted by Crippen LogP contribution is -1.93. The maximum Gasteiger partial charge on any atom is -0.00928 e. The molecule has 13 aromatic carbocycles. The summed E-state index contributed by atoms with van der Waals surface area (Å²) < 4.78 is 0. The van der Waals surface area contributed by atoms with Crippen LogP contribution in [0, 0.1) is 27.7 Å². The molecular weight excluding hydrogens is 841 g/mol. The first kappa shape index (κ1) is 41.6. The second-order valence-electron chi connectivity index (χ2n) is 19.6. The predicted octanol–water partition coefficient (Wildman–Crippen LogP) is 19.8. The van der Waals surface area contributed by atoms with E-state index in [2.05, 4.69) is 258 Å². The average molecular weight is 891 g/mol. The summed E-state index contributed by atoms with van der Waals surface area (Å²) in [5, 5.41) is 15.6. The molecule has 13 aromatic rings. The highest BCUT2D eigenvalue weighted by atomic mass is 14.2. The molecule has 0 heterocycles. The van der Waals surface area contributed by atoms with Gasteiger partial charge in [0.05, 0.1) is 0 Å². The van der Waals surface area contributed by atoms with Crippen molar-refractivity contribution in [3.63, 3.8) is 0 Å². The Bertz CT molecular complexity index is 3900. The van der Waals surface area contributed by atoms with Crippen molar-refractivity contribution < 1.29 is 0 Å². The van der Waals surface area contributed by atoms with E-state index in [1.807, 2.05) is 0 Å². The van der Waals surface area contributed by atoms with Crippen LogP contribution in [0.25, 0.3) is 131 Å². The molecule has 0 aliphatic rings. The number of hydrogen-bond donors (Lipinski definition) is 0. The molecule has 13 rings (SSSR count). The molecule has 0 atom stereocenters. The minimum absolute atomic E-state index is 1.19. The number of fused-ring (bicyclic) bond motifs is 12.